The minimum atomic E-state index is -5.26. The van der Waals surface area contributed by atoms with Crippen molar-refractivity contribution in [3.05, 3.63) is 0 Å². The first-order chi connectivity index (χ1) is 48.5. The summed E-state index contributed by atoms with van der Waals surface area (Å²) in [7, 11) is -5.26. The normalized spacial score (nSPS) is 20.7. The SMILES string of the molecule is CCCCCCCCCCCCCC(=O)NCC(=O)N[C@@H](CCCCN)C(=O)N[C@@H](CCC(=O)O)C(=O)N[C@@H](C)C(=O)N1CCC[C@H]1C(=O)N1CCC[C@H]1C(=O)N[C@@H](C)C(=O)N1CCC[C@H]1C(=O)N1CCC[C@H]1C(=O)N[C@@H](CCC(N)=O)C(=O)N[C@@H](COP(=O)(O)O)C(=O)N1CCC[C@H]1C(=O)O. The number of carboxylic acid groups (broad SMARTS) is 2. The summed E-state index contributed by atoms with van der Waals surface area (Å²) in [6.07, 6.45) is 13.8. The predicted octanol–water partition coefficient (Wildman–Crippen LogP) is -0.840. The van der Waals surface area contributed by atoms with Gasteiger partial charge in [-0.05, 0) is 123 Å². The number of hydrogen-bond acceptors (Lipinski definition) is 18. The van der Waals surface area contributed by atoms with E-state index in [2.05, 4.69) is 48.7 Å². The zero-order valence-corrected chi connectivity index (χ0v) is 60.0. The summed E-state index contributed by atoms with van der Waals surface area (Å²) in [5, 5.41) is 37.0. The molecular weight excluding hydrogens is 1360 g/mol. The third-order valence-corrected chi connectivity index (χ3v) is 19.8. The Bertz CT molecular complexity index is 2990. The van der Waals surface area contributed by atoms with Crippen LogP contribution in [0.2, 0.25) is 0 Å². The van der Waals surface area contributed by atoms with Gasteiger partial charge in [0.05, 0.1) is 13.2 Å². The Morgan fingerprint density at radius 3 is 1.37 bits per heavy atom. The van der Waals surface area contributed by atoms with E-state index in [-0.39, 0.29) is 96.5 Å². The molecule has 5 aliphatic rings. The molecule has 0 unspecified atom stereocenters. The molecule has 5 saturated heterocycles. The van der Waals surface area contributed by atoms with Crippen molar-refractivity contribution >= 4 is 96.6 Å². The molecule has 0 saturated carbocycles. The van der Waals surface area contributed by atoms with Crippen LogP contribution in [0.3, 0.4) is 0 Å². The van der Waals surface area contributed by atoms with Crippen LogP contribution in [-0.2, 0) is 81.0 Å². The molecule has 36 heteroatoms. The minimum Gasteiger partial charge on any atom is -0.481 e. The van der Waals surface area contributed by atoms with Crippen LogP contribution in [0, 0.1) is 0 Å². The molecule has 13 amide bonds. The predicted molar refractivity (Wildman–Crippen MR) is 365 cm³/mol. The second-order valence-electron chi connectivity index (χ2n) is 27.1. The largest absolute Gasteiger partial charge is 0.481 e. The van der Waals surface area contributed by atoms with E-state index in [9.17, 15) is 96.5 Å². The number of aliphatic carboxylic acids is 2. The fourth-order valence-electron chi connectivity index (χ4n) is 13.8. The Morgan fingerprint density at radius 2 is 0.882 bits per heavy atom. The van der Waals surface area contributed by atoms with Crippen molar-refractivity contribution in [2.75, 3.05) is 52.4 Å². The van der Waals surface area contributed by atoms with Gasteiger partial charge in [-0.3, -0.25) is 71.6 Å². The van der Waals surface area contributed by atoms with E-state index < -0.39 is 196 Å². The quantitative estimate of drug-likeness (QED) is 0.0261. The average Bonchev–Trinajstić information content (AvgIpc) is 1.63. The molecule has 0 radical (unpaired) electrons. The Labute approximate surface area is 594 Å². The number of nitrogens with two attached hydrogens (primary N) is 2. The Hall–Kier alpha value is -7.88. The minimum absolute atomic E-state index is 0.0410. The molecule has 102 heavy (non-hydrogen) atoms. The molecule has 5 heterocycles. The summed E-state index contributed by atoms with van der Waals surface area (Å²) in [4.78, 5) is 227. The van der Waals surface area contributed by atoms with Gasteiger partial charge in [0.2, 0.25) is 76.8 Å². The maximum atomic E-state index is 14.5. The lowest BCUT2D eigenvalue weighted by Gasteiger charge is -2.34. The lowest BCUT2D eigenvalue weighted by atomic mass is 10.1. The third kappa shape index (κ3) is 26.7. The van der Waals surface area contributed by atoms with Crippen molar-refractivity contribution in [2.45, 2.75) is 273 Å². The van der Waals surface area contributed by atoms with E-state index in [1.807, 2.05) is 0 Å². The van der Waals surface area contributed by atoms with Crippen LogP contribution in [-0.4, -0.2) is 252 Å². The molecule has 11 atom stereocenters. The van der Waals surface area contributed by atoms with E-state index >= 15 is 0 Å². The highest BCUT2D eigenvalue weighted by Crippen LogP contribution is 2.36. The highest BCUT2D eigenvalue weighted by Gasteiger charge is 2.47. The van der Waals surface area contributed by atoms with Gasteiger partial charge in [0, 0.05) is 52.0 Å². The molecule has 0 aliphatic carbocycles. The molecule has 5 aliphatic heterocycles. The number of amides is 13. The summed E-state index contributed by atoms with van der Waals surface area (Å²) in [6, 6.07) is -14.6. The van der Waals surface area contributed by atoms with Gasteiger partial charge in [0.25, 0.3) is 0 Å². The average molecular weight is 1470 g/mol. The summed E-state index contributed by atoms with van der Waals surface area (Å²) < 4.78 is 16.2. The molecule has 35 nitrogen and oxygen atoms in total. The summed E-state index contributed by atoms with van der Waals surface area (Å²) in [6.45, 7) is 3.96. The Morgan fingerprint density at radius 1 is 0.461 bits per heavy atom. The first-order valence-corrected chi connectivity index (χ1v) is 37.7. The second kappa shape index (κ2) is 42.6. The van der Waals surface area contributed by atoms with Gasteiger partial charge in [-0.2, -0.15) is 0 Å². The van der Waals surface area contributed by atoms with Crippen LogP contribution in [0.5, 0.6) is 0 Å². The Balaban J connectivity index is 1.15. The summed E-state index contributed by atoms with van der Waals surface area (Å²) >= 11 is 0. The fourth-order valence-corrected chi connectivity index (χ4v) is 14.1. The van der Waals surface area contributed by atoms with Crippen molar-refractivity contribution in [1.29, 1.82) is 0 Å². The molecule has 5 rings (SSSR count). The van der Waals surface area contributed by atoms with E-state index in [0.717, 1.165) is 30.6 Å². The van der Waals surface area contributed by atoms with Gasteiger partial charge in [-0.15, -0.1) is 0 Å². The number of nitrogens with zero attached hydrogens (tertiary/aromatic N) is 5. The van der Waals surface area contributed by atoms with Gasteiger partial charge in [0.15, 0.2) is 0 Å². The summed E-state index contributed by atoms with van der Waals surface area (Å²) in [5.41, 5.74) is 11.1. The first kappa shape index (κ1) is 84.8. The number of carbonyl (C=O) groups is 15. The van der Waals surface area contributed by atoms with Crippen molar-refractivity contribution in [3.63, 3.8) is 0 Å². The number of unbranched alkanes of at least 4 members (excludes halogenated alkanes) is 11. The molecular formula is C66H109N14O21P. The van der Waals surface area contributed by atoms with Crippen LogP contribution in [0.15, 0.2) is 0 Å². The number of carboxylic acids is 2. The number of carbonyl (C=O) groups excluding carboxylic acids is 13. The fraction of sp³-hybridized carbons (Fsp3) is 0.773. The van der Waals surface area contributed by atoms with Gasteiger partial charge < -0.3 is 93.2 Å². The van der Waals surface area contributed by atoms with Crippen LogP contribution >= 0.6 is 7.82 Å². The number of likely N-dealkylation sites (tertiary alicyclic amines) is 5. The van der Waals surface area contributed by atoms with Crippen molar-refractivity contribution < 1.29 is 101 Å². The molecule has 0 bridgehead atoms. The van der Waals surface area contributed by atoms with Gasteiger partial charge >= 0.3 is 19.8 Å². The molecule has 574 valence electrons. The van der Waals surface area contributed by atoms with Crippen molar-refractivity contribution in [2.24, 2.45) is 11.5 Å². The van der Waals surface area contributed by atoms with Gasteiger partial charge in [0.1, 0.15) is 66.5 Å². The van der Waals surface area contributed by atoms with E-state index in [1.54, 1.807) is 0 Å². The van der Waals surface area contributed by atoms with Gasteiger partial charge in [-0.1, -0.05) is 71.1 Å². The third-order valence-electron chi connectivity index (χ3n) is 19.3. The summed E-state index contributed by atoms with van der Waals surface area (Å²) in [5.74, 6) is -12.6. The first-order valence-electron chi connectivity index (χ1n) is 36.2. The second-order valence-corrected chi connectivity index (χ2v) is 28.4. The molecule has 0 aromatic rings. The maximum Gasteiger partial charge on any atom is 0.469 e. The van der Waals surface area contributed by atoms with Gasteiger partial charge in [-0.25, -0.2) is 9.36 Å². The van der Waals surface area contributed by atoms with E-state index in [4.69, 9.17) is 11.5 Å². The number of primary amides is 1. The zero-order chi connectivity index (χ0) is 75.2. The topological polar surface area (TPSA) is 516 Å². The molecule has 0 aromatic carbocycles. The lowest BCUT2D eigenvalue weighted by molar-refractivity contribution is -0.150. The highest BCUT2D eigenvalue weighted by atomic mass is 31.2. The lowest BCUT2D eigenvalue weighted by Crippen LogP contribution is -2.60. The van der Waals surface area contributed by atoms with Crippen LogP contribution in [0.4, 0.5) is 0 Å². The zero-order valence-electron chi connectivity index (χ0n) is 59.1. The maximum absolute atomic E-state index is 14.5. The number of hydrogen-bond donors (Lipinski definition) is 13. The molecule has 0 spiro atoms. The monoisotopic (exact) mass is 1460 g/mol. The number of phosphoric ester groups is 1. The van der Waals surface area contributed by atoms with Crippen molar-refractivity contribution in [1.82, 2.24) is 61.7 Å². The molecule has 5 fully saturated rings. The molecule has 0 aromatic heterocycles. The van der Waals surface area contributed by atoms with E-state index in [0.29, 0.717) is 44.9 Å². The smallest absolute Gasteiger partial charge is 0.469 e. The Kier molecular flexibility index (Phi) is 35.4. The van der Waals surface area contributed by atoms with E-state index in [1.165, 1.54) is 72.0 Å². The number of phosphoric acid groups is 1. The molecule has 15 N–H and O–H groups in total. The van der Waals surface area contributed by atoms with Crippen LogP contribution in [0.25, 0.3) is 0 Å². The number of nitrogens with one attached hydrogen (secondary N) is 7. The standard InChI is InChI=1S/C66H109N14O21P/c1-4-5-6-7-8-9-10-11-12-13-14-28-53(82)69-39-54(83)72-43(22-15-16-33-67)57(87)73-45(30-32-55(84)85)56(86)70-41(2)61(91)78-36-19-25-49(78)64(94)76-34-17-23-47(76)59(89)71-42(3)62(92)79-37-20-26-50(79)65(95)77-35-18-24-48(77)60(90)74-44(29-31-52(68)81)58(88)75-46(40-101-102(98,99)100)63(93)80-38-21-27-51(80)66(96)97/h41-51H,4-40,67H2,1-3H3,(H2,68,81)(H,69,82)(H,70,86)(H,71,89)(H,72,83)(H,73,87)(H,74,90)(H,75,88)(H,84,85)(H,96,97)(H2,98,99,100)/t41-,42-,43-,44-,45-,46-,47-,48-,49-,50-,51-/m0/s1. The van der Waals surface area contributed by atoms with Crippen LogP contribution < -0.4 is 48.7 Å². The van der Waals surface area contributed by atoms with Crippen LogP contribution in [0.1, 0.15) is 207 Å². The number of rotatable bonds is 44. The highest BCUT2D eigenvalue weighted by molar-refractivity contribution is 7.46. The van der Waals surface area contributed by atoms with Crippen molar-refractivity contribution in [3.8, 4) is 0 Å².